The van der Waals surface area contributed by atoms with Crippen molar-refractivity contribution in [1.29, 1.82) is 0 Å². The Hall–Kier alpha value is -3.51. The fourth-order valence-corrected chi connectivity index (χ4v) is 4.51. The Labute approximate surface area is 186 Å². The Morgan fingerprint density at radius 2 is 1.94 bits per heavy atom. The van der Waals surface area contributed by atoms with E-state index in [4.69, 9.17) is 4.74 Å². The third kappa shape index (κ3) is 4.14. The highest BCUT2D eigenvalue weighted by molar-refractivity contribution is 6.08. The van der Waals surface area contributed by atoms with Gasteiger partial charge in [-0.1, -0.05) is 18.2 Å². The van der Waals surface area contributed by atoms with Gasteiger partial charge in [0.05, 0.1) is 16.6 Å². The minimum Gasteiger partial charge on any atom is -0.439 e. The summed E-state index contributed by atoms with van der Waals surface area (Å²) in [7, 11) is 0. The number of hydrogen-bond donors (Lipinski definition) is 2. The number of ether oxygens (including phenoxy) is 1. The first-order chi connectivity index (χ1) is 15.5. The highest BCUT2D eigenvalue weighted by atomic mass is 16.5. The Morgan fingerprint density at radius 3 is 2.72 bits per heavy atom. The topological polar surface area (TPSA) is 88.1 Å². The normalized spacial score (nSPS) is 20.9. The summed E-state index contributed by atoms with van der Waals surface area (Å²) in [5, 5.41) is 10.5. The van der Waals surface area contributed by atoms with Gasteiger partial charge in [0.25, 0.3) is 0 Å². The highest BCUT2D eigenvalue weighted by Gasteiger charge is 2.32. The van der Waals surface area contributed by atoms with E-state index in [2.05, 4.69) is 15.0 Å². The van der Waals surface area contributed by atoms with E-state index < -0.39 is 5.60 Å². The number of carbonyl (C=O) groups is 1. The van der Waals surface area contributed by atoms with E-state index in [9.17, 15) is 9.90 Å². The van der Waals surface area contributed by atoms with Crippen molar-refractivity contribution in [3.63, 3.8) is 0 Å². The van der Waals surface area contributed by atoms with E-state index in [-0.39, 0.29) is 11.7 Å². The summed E-state index contributed by atoms with van der Waals surface area (Å²) >= 11 is 0. The summed E-state index contributed by atoms with van der Waals surface area (Å²) in [4.78, 5) is 24.7. The number of pyridine rings is 1. The summed E-state index contributed by atoms with van der Waals surface area (Å²) in [6, 6.07) is 18.5. The molecule has 0 bridgehead atoms. The molecular formula is C26H25N3O3. The second kappa shape index (κ2) is 8.20. The molecule has 1 saturated carbocycles. The first-order valence-electron chi connectivity index (χ1n) is 10.9. The van der Waals surface area contributed by atoms with Crippen LogP contribution in [-0.2, 0) is 0 Å². The van der Waals surface area contributed by atoms with Crippen LogP contribution in [0.3, 0.4) is 0 Å². The lowest BCUT2D eigenvalue weighted by Crippen LogP contribution is -2.30. The smallest absolute Gasteiger partial charge is 0.228 e. The standard InChI is InChI=1S/C26H25N3O3/c1-26(31)14-4-6-18(16-26)20-7-5-15-27-25(20)32-19-12-10-17(11-13-19)23(30)24-28-21-8-2-3-9-22(21)29-24/h2-3,5,7-13,15,18,31H,4,6,14,16H2,1H3,(H,28,29)/t18?,26-/m0/s1. The predicted octanol–water partition coefficient (Wildman–Crippen LogP) is 5.39. The van der Waals surface area contributed by atoms with E-state index in [0.29, 0.717) is 29.4 Å². The van der Waals surface area contributed by atoms with Crippen LogP contribution in [0.2, 0.25) is 0 Å². The van der Waals surface area contributed by atoms with Crippen LogP contribution in [0.25, 0.3) is 11.0 Å². The Bertz CT molecular complexity index is 1230. The molecule has 0 radical (unpaired) electrons. The monoisotopic (exact) mass is 427 g/mol. The Balaban J connectivity index is 1.35. The Morgan fingerprint density at radius 1 is 1.12 bits per heavy atom. The predicted molar refractivity (Wildman–Crippen MR) is 122 cm³/mol. The zero-order valence-corrected chi connectivity index (χ0v) is 17.9. The minimum absolute atomic E-state index is 0.171. The quantitative estimate of drug-likeness (QED) is 0.417. The molecule has 6 nitrogen and oxygen atoms in total. The van der Waals surface area contributed by atoms with Crippen molar-refractivity contribution in [1.82, 2.24) is 15.0 Å². The van der Waals surface area contributed by atoms with Crippen LogP contribution in [0.15, 0.2) is 66.9 Å². The lowest BCUT2D eigenvalue weighted by Gasteiger charge is -2.34. The summed E-state index contributed by atoms with van der Waals surface area (Å²) in [5.41, 5.74) is 2.48. The van der Waals surface area contributed by atoms with Gasteiger partial charge in [-0.05, 0) is 81.0 Å². The summed E-state index contributed by atoms with van der Waals surface area (Å²) in [5.74, 6) is 1.50. The number of fused-ring (bicyclic) bond motifs is 1. The molecule has 6 heteroatoms. The third-order valence-corrected chi connectivity index (χ3v) is 6.13. The van der Waals surface area contributed by atoms with Crippen LogP contribution in [0.5, 0.6) is 11.6 Å². The van der Waals surface area contributed by atoms with Gasteiger partial charge in [0.2, 0.25) is 11.7 Å². The van der Waals surface area contributed by atoms with E-state index in [1.807, 2.05) is 43.3 Å². The first kappa shape index (κ1) is 20.4. The highest BCUT2D eigenvalue weighted by Crippen LogP contribution is 2.41. The van der Waals surface area contributed by atoms with Crippen molar-refractivity contribution in [3.8, 4) is 11.6 Å². The number of aromatic amines is 1. The number of imidazole rings is 1. The van der Waals surface area contributed by atoms with Crippen molar-refractivity contribution in [2.45, 2.75) is 44.1 Å². The number of hydrogen-bond acceptors (Lipinski definition) is 5. The summed E-state index contributed by atoms with van der Waals surface area (Å²) in [6.07, 6.45) is 5.20. The van der Waals surface area contributed by atoms with Crippen LogP contribution in [0.1, 0.15) is 60.3 Å². The van der Waals surface area contributed by atoms with Crippen molar-refractivity contribution in [2.24, 2.45) is 0 Å². The zero-order chi connectivity index (χ0) is 22.1. The average molecular weight is 428 g/mol. The molecule has 162 valence electrons. The van der Waals surface area contributed by atoms with Gasteiger partial charge < -0.3 is 14.8 Å². The molecule has 2 N–H and O–H groups in total. The minimum atomic E-state index is -0.658. The lowest BCUT2D eigenvalue weighted by molar-refractivity contribution is 0.0142. The van der Waals surface area contributed by atoms with Crippen LogP contribution < -0.4 is 4.74 Å². The number of rotatable bonds is 5. The molecule has 0 spiro atoms. The van der Waals surface area contributed by atoms with Gasteiger partial charge in [0, 0.05) is 17.3 Å². The van der Waals surface area contributed by atoms with Gasteiger partial charge in [-0.25, -0.2) is 9.97 Å². The van der Waals surface area contributed by atoms with Gasteiger partial charge in [-0.3, -0.25) is 4.79 Å². The average Bonchev–Trinajstić information content (AvgIpc) is 3.23. The fraction of sp³-hybridized carbons (Fsp3) is 0.269. The number of nitrogens with one attached hydrogen (secondary N) is 1. The molecule has 2 aromatic heterocycles. The maximum atomic E-state index is 12.8. The molecule has 4 aromatic rings. The molecule has 1 fully saturated rings. The van der Waals surface area contributed by atoms with E-state index in [0.717, 1.165) is 35.9 Å². The van der Waals surface area contributed by atoms with Crippen LogP contribution in [0.4, 0.5) is 0 Å². The SMILES string of the molecule is C[C@]1(O)CCCC(c2cccnc2Oc2ccc(C(=O)c3nc4ccccc4[nH]3)cc2)C1. The van der Waals surface area contributed by atoms with Crippen LogP contribution >= 0.6 is 0 Å². The second-order valence-electron chi connectivity index (χ2n) is 8.75. The number of aromatic nitrogens is 3. The summed E-state index contributed by atoms with van der Waals surface area (Å²) < 4.78 is 6.09. The van der Waals surface area contributed by atoms with Gasteiger partial charge in [-0.2, -0.15) is 0 Å². The zero-order valence-electron chi connectivity index (χ0n) is 17.9. The number of nitrogens with zero attached hydrogens (tertiary/aromatic N) is 2. The lowest BCUT2D eigenvalue weighted by atomic mass is 9.76. The summed E-state index contributed by atoms with van der Waals surface area (Å²) in [6.45, 7) is 1.90. The molecule has 1 aliphatic rings. The van der Waals surface area contributed by atoms with Gasteiger partial charge in [0.1, 0.15) is 5.75 Å². The molecule has 1 unspecified atom stereocenters. The Kier molecular flexibility index (Phi) is 5.23. The molecule has 0 amide bonds. The van der Waals surface area contributed by atoms with Crippen molar-refractivity contribution in [3.05, 3.63) is 83.8 Å². The van der Waals surface area contributed by atoms with Crippen LogP contribution in [0, 0.1) is 0 Å². The van der Waals surface area contributed by atoms with Gasteiger partial charge >= 0.3 is 0 Å². The molecule has 2 aromatic carbocycles. The molecule has 0 saturated heterocycles. The van der Waals surface area contributed by atoms with E-state index >= 15 is 0 Å². The molecule has 0 aliphatic heterocycles. The second-order valence-corrected chi connectivity index (χ2v) is 8.75. The van der Waals surface area contributed by atoms with Crippen molar-refractivity contribution >= 4 is 16.8 Å². The number of H-pyrrole nitrogens is 1. The molecule has 1 aliphatic carbocycles. The molecule has 5 rings (SSSR count). The largest absolute Gasteiger partial charge is 0.439 e. The molecule has 32 heavy (non-hydrogen) atoms. The number of ketones is 1. The number of para-hydroxylation sites is 2. The molecule has 2 heterocycles. The van der Waals surface area contributed by atoms with Gasteiger partial charge in [-0.15, -0.1) is 0 Å². The van der Waals surface area contributed by atoms with Crippen molar-refractivity contribution in [2.75, 3.05) is 0 Å². The van der Waals surface area contributed by atoms with Gasteiger partial charge in [0.15, 0.2) is 5.82 Å². The number of benzene rings is 2. The van der Waals surface area contributed by atoms with Crippen LogP contribution in [-0.4, -0.2) is 31.4 Å². The maximum absolute atomic E-state index is 12.8. The number of carbonyl (C=O) groups excluding carboxylic acids is 1. The molecular weight excluding hydrogens is 402 g/mol. The van der Waals surface area contributed by atoms with E-state index in [1.54, 1.807) is 30.5 Å². The first-order valence-corrected chi connectivity index (χ1v) is 10.9. The van der Waals surface area contributed by atoms with Crippen molar-refractivity contribution < 1.29 is 14.6 Å². The third-order valence-electron chi connectivity index (χ3n) is 6.13. The fourth-order valence-electron chi connectivity index (χ4n) is 4.51. The molecule has 2 atom stereocenters. The number of aliphatic hydroxyl groups is 1. The van der Waals surface area contributed by atoms with E-state index in [1.165, 1.54) is 0 Å². The maximum Gasteiger partial charge on any atom is 0.228 e.